The van der Waals surface area contributed by atoms with Gasteiger partial charge < -0.3 is 14.2 Å². The van der Waals surface area contributed by atoms with Crippen LogP contribution in [0.4, 0.5) is 0 Å². The second kappa shape index (κ2) is 44.6. The molecule has 0 aliphatic carbocycles. The summed E-state index contributed by atoms with van der Waals surface area (Å²) in [6, 6.07) is 0. The standard InChI is InChI=1S/C49H90O6/c1-4-7-10-13-16-19-22-23-24-25-28-30-33-36-39-42-48(51)54-45-46(55-49(52)43-40-37-34-31-27-21-18-15-12-9-6-3)44-53-47(50)41-38-35-32-29-26-20-17-14-11-8-5-2/h14-15,17-18,46H,4-13,16,19-45H2,1-3H3/b17-14-,18-15-. The molecule has 0 saturated carbocycles. The van der Waals surface area contributed by atoms with E-state index in [1.54, 1.807) is 0 Å². The van der Waals surface area contributed by atoms with Crippen molar-refractivity contribution in [1.29, 1.82) is 0 Å². The Hall–Kier alpha value is -2.11. The molecule has 0 saturated heterocycles. The van der Waals surface area contributed by atoms with Gasteiger partial charge in [0.1, 0.15) is 13.2 Å². The van der Waals surface area contributed by atoms with E-state index >= 15 is 0 Å². The highest BCUT2D eigenvalue weighted by molar-refractivity contribution is 5.71. The molecule has 0 amide bonds. The van der Waals surface area contributed by atoms with Gasteiger partial charge in [-0.2, -0.15) is 0 Å². The molecule has 322 valence electrons. The van der Waals surface area contributed by atoms with Gasteiger partial charge in [-0.1, -0.05) is 199 Å². The Bertz CT molecular complexity index is 896. The van der Waals surface area contributed by atoms with E-state index in [4.69, 9.17) is 14.2 Å². The van der Waals surface area contributed by atoms with E-state index in [9.17, 15) is 14.4 Å². The van der Waals surface area contributed by atoms with Crippen molar-refractivity contribution in [2.24, 2.45) is 0 Å². The third kappa shape index (κ3) is 42.9. The van der Waals surface area contributed by atoms with E-state index in [1.807, 2.05) is 0 Å². The molecule has 0 N–H and O–H groups in total. The van der Waals surface area contributed by atoms with Gasteiger partial charge in [-0.05, 0) is 57.8 Å². The maximum absolute atomic E-state index is 12.7. The summed E-state index contributed by atoms with van der Waals surface area (Å²) in [5, 5.41) is 0. The molecule has 6 heteroatoms. The first-order chi connectivity index (χ1) is 27.0. The number of hydrogen-bond acceptors (Lipinski definition) is 6. The normalized spacial score (nSPS) is 12.1. The van der Waals surface area contributed by atoms with E-state index in [0.717, 1.165) is 77.0 Å². The maximum atomic E-state index is 12.7. The van der Waals surface area contributed by atoms with Crippen molar-refractivity contribution in [1.82, 2.24) is 0 Å². The van der Waals surface area contributed by atoms with E-state index in [1.165, 1.54) is 135 Å². The van der Waals surface area contributed by atoms with Crippen molar-refractivity contribution in [3.63, 3.8) is 0 Å². The molecule has 0 fully saturated rings. The van der Waals surface area contributed by atoms with Crippen molar-refractivity contribution < 1.29 is 28.6 Å². The summed E-state index contributed by atoms with van der Waals surface area (Å²) in [4.78, 5) is 37.7. The molecule has 0 aromatic rings. The second-order valence-corrected chi connectivity index (χ2v) is 16.0. The van der Waals surface area contributed by atoms with Crippen molar-refractivity contribution in [2.75, 3.05) is 13.2 Å². The fraction of sp³-hybridized carbons (Fsp3) is 0.857. The highest BCUT2D eigenvalue weighted by Crippen LogP contribution is 2.15. The van der Waals surface area contributed by atoms with Crippen LogP contribution in [0.25, 0.3) is 0 Å². The minimum atomic E-state index is -0.772. The Balaban J connectivity index is 4.33. The molecule has 0 aliphatic heterocycles. The van der Waals surface area contributed by atoms with Gasteiger partial charge in [-0.3, -0.25) is 14.4 Å². The minimum Gasteiger partial charge on any atom is -0.462 e. The third-order valence-corrected chi connectivity index (χ3v) is 10.4. The molecule has 0 spiro atoms. The van der Waals surface area contributed by atoms with Crippen LogP contribution in [-0.4, -0.2) is 37.2 Å². The van der Waals surface area contributed by atoms with E-state index in [2.05, 4.69) is 45.1 Å². The predicted molar refractivity (Wildman–Crippen MR) is 233 cm³/mol. The van der Waals surface area contributed by atoms with E-state index in [-0.39, 0.29) is 31.1 Å². The monoisotopic (exact) mass is 775 g/mol. The Labute approximate surface area is 341 Å². The number of esters is 3. The lowest BCUT2D eigenvalue weighted by atomic mass is 10.0. The van der Waals surface area contributed by atoms with Crippen LogP contribution in [0.5, 0.6) is 0 Å². The first kappa shape index (κ1) is 52.9. The van der Waals surface area contributed by atoms with Gasteiger partial charge in [0.15, 0.2) is 6.10 Å². The first-order valence-electron chi connectivity index (χ1n) is 23.8. The van der Waals surface area contributed by atoms with Crippen LogP contribution in [0, 0.1) is 0 Å². The van der Waals surface area contributed by atoms with Crippen LogP contribution in [0.1, 0.15) is 252 Å². The average Bonchev–Trinajstić information content (AvgIpc) is 3.18. The summed E-state index contributed by atoms with van der Waals surface area (Å²) in [6.07, 6.45) is 48.7. The predicted octanol–water partition coefficient (Wildman–Crippen LogP) is 15.2. The number of allylic oxidation sites excluding steroid dienone is 4. The number of rotatable bonds is 43. The zero-order chi connectivity index (χ0) is 40.1. The van der Waals surface area contributed by atoms with Crippen LogP contribution in [0.15, 0.2) is 24.3 Å². The van der Waals surface area contributed by atoms with Crippen molar-refractivity contribution in [2.45, 2.75) is 258 Å². The summed E-state index contributed by atoms with van der Waals surface area (Å²) >= 11 is 0. The SMILES string of the molecule is CCCC/C=C\CCCCCCCC(=O)OCC(COC(=O)CCCCCCCCCCCCCCCCC)OC(=O)CCCCCCC/C=C\CCCC. The number of carbonyl (C=O) groups is 3. The lowest BCUT2D eigenvalue weighted by Crippen LogP contribution is -2.30. The number of carbonyl (C=O) groups excluding carboxylic acids is 3. The van der Waals surface area contributed by atoms with Crippen LogP contribution in [0.3, 0.4) is 0 Å². The molecule has 0 aromatic heterocycles. The molecule has 0 aromatic carbocycles. The lowest BCUT2D eigenvalue weighted by Gasteiger charge is -2.18. The van der Waals surface area contributed by atoms with Gasteiger partial charge in [-0.15, -0.1) is 0 Å². The average molecular weight is 775 g/mol. The molecule has 0 radical (unpaired) electrons. The topological polar surface area (TPSA) is 78.9 Å². The van der Waals surface area contributed by atoms with Gasteiger partial charge in [-0.25, -0.2) is 0 Å². The lowest BCUT2D eigenvalue weighted by molar-refractivity contribution is -0.167. The number of ether oxygens (including phenoxy) is 3. The summed E-state index contributed by atoms with van der Waals surface area (Å²) in [7, 11) is 0. The van der Waals surface area contributed by atoms with Crippen molar-refractivity contribution >= 4 is 17.9 Å². The zero-order valence-corrected chi connectivity index (χ0v) is 36.7. The van der Waals surface area contributed by atoms with Crippen molar-refractivity contribution in [3.05, 3.63) is 24.3 Å². The summed E-state index contributed by atoms with van der Waals surface area (Å²) < 4.78 is 16.7. The summed E-state index contributed by atoms with van der Waals surface area (Å²) in [5.74, 6) is -0.887. The Morgan fingerprint density at radius 3 is 0.964 bits per heavy atom. The van der Waals surface area contributed by atoms with Gasteiger partial charge in [0.05, 0.1) is 0 Å². The third-order valence-electron chi connectivity index (χ3n) is 10.4. The molecule has 0 heterocycles. The van der Waals surface area contributed by atoms with Gasteiger partial charge >= 0.3 is 17.9 Å². The van der Waals surface area contributed by atoms with E-state index in [0.29, 0.717) is 19.3 Å². The smallest absolute Gasteiger partial charge is 0.306 e. The van der Waals surface area contributed by atoms with Gasteiger partial charge in [0, 0.05) is 19.3 Å². The first-order valence-corrected chi connectivity index (χ1v) is 23.8. The van der Waals surface area contributed by atoms with Gasteiger partial charge in [0.25, 0.3) is 0 Å². The molecule has 1 unspecified atom stereocenters. The van der Waals surface area contributed by atoms with Crippen LogP contribution >= 0.6 is 0 Å². The number of unbranched alkanes of at least 4 members (excludes halogenated alkanes) is 28. The Morgan fingerprint density at radius 1 is 0.345 bits per heavy atom. The zero-order valence-electron chi connectivity index (χ0n) is 36.7. The molecule has 0 bridgehead atoms. The van der Waals surface area contributed by atoms with Gasteiger partial charge in [0.2, 0.25) is 0 Å². The molecular formula is C49H90O6. The second-order valence-electron chi connectivity index (χ2n) is 16.0. The fourth-order valence-electron chi connectivity index (χ4n) is 6.76. The molecule has 1 atom stereocenters. The largest absolute Gasteiger partial charge is 0.462 e. The number of hydrogen-bond donors (Lipinski definition) is 0. The Kier molecular flexibility index (Phi) is 42.9. The Morgan fingerprint density at radius 2 is 0.618 bits per heavy atom. The van der Waals surface area contributed by atoms with Crippen LogP contribution in [-0.2, 0) is 28.6 Å². The maximum Gasteiger partial charge on any atom is 0.306 e. The summed E-state index contributed by atoms with van der Waals surface area (Å²) in [5.41, 5.74) is 0. The molecule has 0 aliphatic rings. The minimum absolute atomic E-state index is 0.0741. The molecular weight excluding hydrogens is 685 g/mol. The quantitative estimate of drug-likeness (QED) is 0.0266. The van der Waals surface area contributed by atoms with E-state index < -0.39 is 6.10 Å². The highest BCUT2D eigenvalue weighted by Gasteiger charge is 2.19. The van der Waals surface area contributed by atoms with Crippen molar-refractivity contribution in [3.8, 4) is 0 Å². The highest BCUT2D eigenvalue weighted by atomic mass is 16.6. The molecule has 6 nitrogen and oxygen atoms in total. The molecule has 55 heavy (non-hydrogen) atoms. The fourth-order valence-corrected chi connectivity index (χ4v) is 6.76. The summed E-state index contributed by atoms with van der Waals surface area (Å²) in [6.45, 7) is 6.56. The van der Waals surface area contributed by atoms with Crippen LogP contribution < -0.4 is 0 Å². The van der Waals surface area contributed by atoms with Crippen LogP contribution in [0.2, 0.25) is 0 Å². The molecule has 0 rings (SSSR count).